The number of aliphatic hydroxyl groups is 1. The van der Waals surface area contributed by atoms with Crippen LogP contribution in [0.15, 0.2) is 12.1 Å². The van der Waals surface area contributed by atoms with Gasteiger partial charge in [0, 0.05) is 6.61 Å². The highest BCUT2D eigenvalue weighted by atomic mass is 16.5. The summed E-state index contributed by atoms with van der Waals surface area (Å²) in [4.78, 5) is 0. The van der Waals surface area contributed by atoms with Crippen molar-refractivity contribution >= 4 is 0 Å². The smallest absolute Gasteiger partial charge is 0.122 e. The van der Waals surface area contributed by atoms with E-state index in [0.29, 0.717) is 5.92 Å². The molecule has 0 amide bonds. The summed E-state index contributed by atoms with van der Waals surface area (Å²) in [5.74, 6) is 1.34. The molecule has 0 radical (unpaired) electrons. The van der Waals surface area contributed by atoms with Crippen LogP contribution >= 0.6 is 0 Å². The fraction of sp³-hybridized carbons (Fsp3) is 0.571. The number of hydrogen-bond acceptors (Lipinski definition) is 2. The van der Waals surface area contributed by atoms with Crippen molar-refractivity contribution in [3.8, 4) is 5.75 Å². The summed E-state index contributed by atoms with van der Waals surface area (Å²) >= 11 is 0. The highest BCUT2D eigenvalue weighted by Crippen LogP contribution is 2.33. The quantitative estimate of drug-likeness (QED) is 0.829. The molecule has 1 rings (SSSR count). The minimum Gasteiger partial charge on any atom is -0.496 e. The van der Waals surface area contributed by atoms with Gasteiger partial charge in [0.1, 0.15) is 5.75 Å². The van der Waals surface area contributed by atoms with Crippen molar-refractivity contribution in [1.82, 2.24) is 0 Å². The van der Waals surface area contributed by atoms with Crippen LogP contribution in [-0.2, 0) is 0 Å². The molecule has 0 aliphatic carbocycles. The van der Waals surface area contributed by atoms with Crippen molar-refractivity contribution in [1.29, 1.82) is 0 Å². The molecular formula is C14H22O2. The standard InChI is InChI=1S/C14H22O2/c1-5-12(6-7-15)13-8-10(2)11(3)9-14(13)16-4/h8-9,12,15H,5-7H2,1-4H3. The van der Waals surface area contributed by atoms with Gasteiger partial charge in [0.15, 0.2) is 0 Å². The van der Waals surface area contributed by atoms with Gasteiger partial charge in [0.2, 0.25) is 0 Å². The summed E-state index contributed by atoms with van der Waals surface area (Å²) in [6, 6.07) is 4.28. The zero-order valence-electron chi connectivity index (χ0n) is 10.7. The predicted molar refractivity (Wildman–Crippen MR) is 67.2 cm³/mol. The second-order valence-corrected chi connectivity index (χ2v) is 4.30. The van der Waals surface area contributed by atoms with Crippen LogP contribution in [0, 0.1) is 13.8 Å². The van der Waals surface area contributed by atoms with Gasteiger partial charge in [-0.05, 0) is 55.4 Å². The number of aliphatic hydroxyl groups excluding tert-OH is 1. The van der Waals surface area contributed by atoms with Crippen molar-refractivity contribution in [3.05, 3.63) is 28.8 Å². The van der Waals surface area contributed by atoms with E-state index in [2.05, 4.69) is 32.9 Å². The van der Waals surface area contributed by atoms with Gasteiger partial charge in [0.25, 0.3) is 0 Å². The van der Waals surface area contributed by atoms with E-state index in [1.807, 2.05) is 0 Å². The maximum absolute atomic E-state index is 9.08. The molecule has 2 heteroatoms. The lowest BCUT2D eigenvalue weighted by Gasteiger charge is -2.19. The Labute approximate surface area is 98.3 Å². The fourth-order valence-corrected chi connectivity index (χ4v) is 2.04. The van der Waals surface area contributed by atoms with Crippen LogP contribution in [0.2, 0.25) is 0 Å². The van der Waals surface area contributed by atoms with Crippen molar-refractivity contribution in [2.45, 2.75) is 39.5 Å². The monoisotopic (exact) mass is 222 g/mol. The number of benzene rings is 1. The van der Waals surface area contributed by atoms with Gasteiger partial charge in [0.05, 0.1) is 7.11 Å². The van der Waals surface area contributed by atoms with Crippen LogP contribution in [0.25, 0.3) is 0 Å². The molecule has 0 bridgehead atoms. The topological polar surface area (TPSA) is 29.5 Å². The first kappa shape index (κ1) is 13.0. The Bertz CT molecular complexity index is 345. The van der Waals surface area contributed by atoms with Crippen LogP contribution in [-0.4, -0.2) is 18.8 Å². The van der Waals surface area contributed by atoms with Gasteiger partial charge in [-0.2, -0.15) is 0 Å². The third-order valence-electron chi connectivity index (χ3n) is 3.26. The Balaban J connectivity index is 3.13. The molecule has 0 aliphatic heterocycles. The van der Waals surface area contributed by atoms with Crippen molar-refractivity contribution in [2.24, 2.45) is 0 Å². The summed E-state index contributed by atoms with van der Waals surface area (Å²) in [5, 5.41) is 9.08. The van der Waals surface area contributed by atoms with Gasteiger partial charge in [-0.15, -0.1) is 0 Å². The minimum atomic E-state index is 0.231. The first-order valence-electron chi connectivity index (χ1n) is 5.90. The van der Waals surface area contributed by atoms with Crippen LogP contribution < -0.4 is 4.74 Å². The van der Waals surface area contributed by atoms with Crippen LogP contribution in [0.5, 0.6) is 5.75 Å². The molecule has 16 heavy (non-hydrogen) atoms. The molecular weight excluding hydrogens is 200 g/mol. The molecule has 0 spiro atoms. The number of ether oxygens (including phenoxy) is 1. The zero-order valence-corrected chi connectivity index (χ0v) is 10.7. The molecule has 90 valence electrons. The van der Waals surface area contributed by atoms with E-state index >= 15 is 0 Å². The zero-order chi connectivity index (χ0) is 12.1. The lowest BCUT2D eigenvalue weighted by atomic mass is 9.90. The maximum Gasteiger partial charge on any atom is 0.122 e. The second-order valence-electron chi connectivity index (χ2n) is 4.30. The number of aryl methyl sites for hydroxylation is 2. The lowest BCUT2D eigenvalue weighted by Crippen LogP contribution is -2.04. The highest BCUT2D eigenvalue weighted by molar-refractivity contribution is 5.43. The molecule has 0 saturated heterocycles. The SMILES string of the molecule is CCC(CCO)c1cc(C)c(C)cc1OC. The summed E-state index contributed by atoms with van der Waals surface area (Å²) in [5.41, 5.74) is 3.76. The summed E-state index contributed by atoms with van der Waals surface area (Å²) in [6.07, 6.45) is 1.83. The van der Waals surface area contributed by atoms with E-state index in [1.54, 1.807) is 7.11 Å². The number of rotatable bonds is 5. The average Bonchev–Trinajstić information content (AvgIpc) is 2.29. The van der Waals surface area contributed by atoms with E-state index in [1.165, 1.54) is 16.7 Å². The van der Waals surface area contributed by atoms with Crippen LogP contribution in [0.1, 0.15) is 42.4 Å². The molecule has 0 fully saturated rings. The second kappa shape index (κ2) is 5.90. The largest absolute Gasteiger partial charge is 0.496 e. The molecule has 1 aromatic rings. The van der Waals surface area contributed by atoms with Crippen molar-refractivity contribution in [2.75, 3.05) is 13.7 Å². The molecule has 0 aromatic heterocycles. The molecule has 1 atom stereocenters. The first-order chi connectivity index (χ1) is 7.63. The van der Waals surface area contributed by atoms with Crippen LogP contribution in [0.3, 0.4) is 0 Å². The Morgan fingerprint density at radius 3 is 2.38 bits per heavy atom. The van der Waals surface area contributed by atoms with Gasteiger partial charge in [-0.3, -0.25) is 0 Å². The molecule has 0 aliphatic rings. The summed E-state index contributed by atoms with van der Waals surface area (Å²) < 4.78 is 5.43. The Morgan fingerprint density at radius 1 is 1.25 bits per heavy atom. The van der Waals surface area contributed by atoms with Gasteiger partial charge < -0.3 is 9.84 Å². The third-order valence-corrected chi connectivity index (χ3v) is 3.26. The minimum absolute atomic E-state index is 0.231. The van der Waals surface area contributed by atoms with E-state index in [9.17, 15) is 0 Å². The molecule has 1 aromatic carbocycles. The van der Waals surface area contributed by atoms with Gasteiger partial charge in [-0.25, -0.2) is 0 Å². The first-order valence-corrected chi connectivity index (χ1v) is 5.90. The molecule has 1 N–H and O–H groups in total. The highest BCUT2D eigenvalue weighted by Gasteiger charge is 2.15. The van der Waals surface area contributed by atoms with Crippen LogP contribution in [0.4, 0.5) is 0 Å². The van der Waals surface area contributed by atoms with E-state index < -0.39 is 0 Å². The average molecular weight is 222 g/mol. The lowest BCUT2D eigenvalue weighted by molar-refractivity contribution is 0.272. The van der Waals surface area contributed by atoms with Gasteiger partial charge in [-0.1, -0.05) is 13.0 Å². The normalized spacial score (nSPS) is 12.6. The third kappa shape index (κ3) is 2.76. The molecule has 0 heterocycles. The van der Waals surface area contributed by atoms with Crippen molar-refractivity contribution < 1.29 is 9.84 Å². The van der Waals surface area contributed by atoms with E-state index in [0.717, 1.165) is 18.6 Å². The van der Waals surface area contributed by atoms with E-state index in [4.69, 9.17) is 9.84 Å². The molecule has 2 nitrogen and oxygen atoms in total. The maximum atomic E-state index is 9.08. The van der Waals surface area contributed by atoms with E-state index in [-0.39, 0.29) is 6.61 Å². The van der Waals surface area contributed by atoms with Crippen molar-refractivity contribution in [3.63, 3.8) is 0 Å². The number of methoxy groups -OCH3 is 1. The Kier molecular flexibility index (Phi) is 4.81. The predicted octanol–water partition coefficient (Wildman–Crippen LogP) is 3.19. The molecule has 1 unspecified atom stereocenters. The fourth-order valence-electron chi connectivity index (χ4n) is 2.04. The Hall–Kier alpha value is -1.02. The van der Waals surface area contributed by atoms with Gasteiger partial charge >= 0.3 is 0 Å². The summed E-state index contributed by atoms with van der Waals surface area (Å²) in [6.45, 7) is 6.59. The molecule has 0 saturated carbocycles. The summed E-state index contributed by atoms with van der Waals surface area (Å²) in [7, 11) is 1.71. The number of hydrogen-bond donors (Lipinski definition) is 1. The Morgan fingerprint density at radius 2 is 1.88 bits per heavy atom.